The number of methoxy groups -OCH3 is 1. The van der Waals surface area contributed by atoms with Crippen molar-refractivity contribution < 1.29 is 19.4 Å². The van der Waals surface area contributed by atoms with Crippen LogP contribution in [0.4, 0.5) is 0 Å². The molecule has 1 aromatic heterocycles. The summed E-state index contributed by atoms with van der Waals surface area (Å²) in [5.74, 6) is 0.156. The molecule has 0 bridgehead atoms. The molecule has 0 fully saturated rings. The van der Waals surface area contributed by atoms with E-state index in [1.54, 1.807) is 31.4 Å². The third-order valence-corrected chi connectivity index (χ3v) is 2.47. The van der Waals surface area contributed by atoms with Crippen molar-refractivity contribution in [3.8, 4) is 11.5 Å². The molecule has 98 valence electrons. The molecule has 0 radical (unpaired) electrons. The minimum Gasteiger partial charge on any atom is -0.493 e. The van der Waals surface area contributed by atoms with E-state index in [9.17, 15) is 4.79 Å². The summed E-state index contributed by atoms with van der Waals surface area (Å²) in [4.78, 5) is 14.8. The largest absolute Gasteiger partial charge is 0.493 e. The maximum atomic E-state index is 10.8. The molecule has 0 amide bonds. The van der Waals surface area contributed by atoms with Gasteiger partial charge in [0.25, 0.3) is 0 Å². The maximum absolute atomic E-state index is 10.8. The van der Waals surface area contributed by atoms with Gasteiger partial charge in [0.15, 0.2) is 11.5 Å². The van der Waals surface area contributed by atoms with Crippen LogP contribution in [0.2, 0.25) is 0 Å². The minimum atomic E-state index is -1.06. The molecule has 5 heteroatoms. The Kier molecular flexibility index (Phi) is 3.97. The van der Waals surface area contributed by atoms with Gasteiger partial charge in [-0.05, 0) is 24.3 Å². The lowest BCUT2D eigenvalue weighted by Gasteiger charge is -2.10. The topological polar surface area (TPSA) is 68.7 Å². The quantitative estimate of drug-likeness (QED) is 0.892. The molecule has 0 spiro atoms. The number of carboxylic acids is 1. The first-order chi connectivity index (χ1) is 9.20. The Morgan fingerprint density at radius 3 is 2.58 bits per heavy atom. The SMILES string of the molecule is COc1ccccc1OCc1cccc(C(=O)O)n1. The molecular formula is C14H13NO4. The van der Waals surface area contributed by atoms with E-state index in [1.165, 1.54) is 6.07 Å². The highest BCUT2D eigenvalue weighted by atomic mass is 16.5. The Morgan fingerprint density at radius 1 is 1.16 bits per heavy atom. The summed E-state index contributed by atoms with van der Waals surface area (Å²) >= 11 is 0. The lowest BCUT2D eigenvalue weighted by molar-refractivity contribution is 0.0690. The summed E-state index contributed by atoms with van der Waals surface area (Å²) in [6.45, 7) is 0.182. The average Bonchev–Trinajstić information content (AvgIpc) is 2.45. The van der Waals surface area contributed by atoms with E-state index >= 15 is 0 Å². The first-order valence-corrected chi connectivity index (χ1v) is 5.66. The highest BCUT2D eigenvalue weighted by Gasteiger charge is 2.07. The first kappa shape index (κ1) is 12.9. The van der Waals surface area contributed by atoms with Crippen LogP contribution >= 0.6 is 0 Å². The molecule has 1 N–H and O–H groups in total. The zero-order chi connectivity index (χ0) is 13.7. The smallest absolute Gasteiger partial charge is 0.354 e. The molecular weight excluding hydrogens is 246 g/mol. The van der Waals surface area contributed by atoms with E-state index in [0.29, 0.717) is 17.2 Å². The van der Waals surface area contributed by atoms with Gasteiger partial charge < -0.3 is 14.6 Å². The molecule has 0 atom stereocenters. The fraction of sp³-hybridized carbons (Fsp3) is 0.143. The van der Waals surface area contributed by atoms with Crippen LogP contribution in [0.3, 0.4) is 0 Å². The molecule has 1 aromatic carbocycles. The molecule has 0 aliphatic rings. The monoisotopic (exact) mass is 259 g/mol. The van der Waals surface area contributed by atoms with Gasteiger partial charge in [-0.1, -0.05) is 18.2 Å². The number of carbonyl (C=O) groups is 1. The molecule has 0 saturated heterocycles. The highest BCUT2D eigenvalue weighted by molar-refractivity contribution is 5.85. The molecule has 0 aliphatic carbocycles. The number of para-hydroxylation sites is 2. The minimum absolute atomic E-state index is 0.00104. The van der Waals surface area contributed by atoms with Gasteiger partial charge in [-0.25, -0.2) is 9.78 Å². The van der Waals surface area contributed by atoms with Gasteiger partial charge in [-0.15, -0.1) is 0 Å². The number of nitrogens with zero attached hydrogens (tertiary/aromatic N) is 1. The van der Waals surface area contributed by atoms with Crippen molar-refractivity contribution in [3.63, 3.8) is 0 Å². The predicted molar refractivity (Wildman–Crippen MR) is 68.5 cm³/mol. The van der Waals surface area contributed by atoms with Crippen LogP contribution in [0.1, 0.15) is 16.2 Å². The number of pyridine rings is 1. The zero-order valence-corrected chi connectivity index (χ0v) is 10.4. The van der Waals surface area contributed by atoms with Crippen LogP contribution in [0, 0.1) is 0 Å². The summed E-state index contributed by atoms with van der Waals surface area (Å²) in [6.07, 6.45) is 0. The van der Waals surface area contributed by atoms with Crippen molar-refractivity contribution in [3.05, 3.63) is 53.9 Å². The van der Waals surface area contributed by atoms with E-state index in [0.717, 1.165) is 0 Å². The number of aromatic nitrogens is 1. The summed E-state index contributed by atoms with van der Waals surface area (Å²) < 4.78 is 10.7. The fourth-order valence-corrected chi connectivity index (χ4v) is 1.57. The van der Waals surface area contributed by atoms with Gasteiger partial charge >= 0.3 is 5.97 Å². The van der Waals surface area contributed by atoms with Crippen LogP contribution < -0.4 is 9.47 Å². The predicted octanol–water partition coefficient (Wildman–Crippen LogP) is 2.37. The van der Waals surface area contributed by atoms with Crippen molar-refractivity contribution in [2.75, 3.05) is 7.11 Å². The molecule has 2 aromatic rings. The van der Waals surface area contributed by atoms with Gasteiger partial charge in [0, 0.05) is 0 Å². The standard InChI is InChI=1S/C14H13NO4/c1-18-12-7-2-3-8-13(12)19-9-10-5-4-6-11(15-10)14(16)17/h2-8H,9H2,1H3,(H,16,17). The molecule has 2 rings (SSSR count). The number of benzene rings is 1. The van der Waals surface area contributed by atoms with Gasteiger partial charge in [0.05, 0.1) is 12.8 Å². The Bertz CT molecular complexity index is 583. The van der Waals surface area contributed by atoms with E-state index < -0.39 is 5.97 Å². The van der Waals surface area contributed by atoms with Gasteiger partial charge in [0.1, 0.15) is 12.3 Å². The second-order valence-electron chi connectivity index (χ2n) is 3.76. The maximum Gasteiger partial charge on any atom is 0.354 e. The van der Waals surface area contributed by atoms with Gasteiger partial charge in [-0.3, -0.25) is 0 Å². The first-order valence-electron chi connectivity index (χ1n) is 5.66. The lowest BCUT2D eigenvalue weighted by Crippen LogP contribution is -2.05. The molecule has 0 aliphatic heterocycles. The van der Waals surface area contributed by atoms with E-state index in [2.05, 4.69) is 4.98 Å². The summed E-state index contributed by atoms with van der Waals surface area (Å²) in [5.41, 5.74) is 0.548. The number of aromatic carboxylic acids is 1. The third kappa shape index (κ3) is 3.22. The average molecular weight is 259 g/mol. The van der Waals surface area contributed by atoms with Crippen LogP contribution in [0.5, 0.6) is 11.5 Å². The Labute approximate surface area is 110 Å². The van der Waals surface area contributed by atoms with Crippen molar-refractivity contribution in [1.29, 1.82) is 0 Å². The molecule has 1 heterocycles. The van der Waals surface area contributed by atoms with Gasteiger partial charge in [-0.2, -0.15) is 0 Å². The summed E-state index contributed by atoms with van der Waals surface area (Å²) in [7, 11) is 1.56. The lowest BCUT2D eigenvalue weighted by atomic mass is 10.3. The number of carboxylic acid groups (broad SMARTS) is 1. The highest BCUT2D eigenvalue weighted by Crippen LogP contribution is 2.26. The van der Waals surface area contributed by atoms with E-state index in [4.69, 9.17) is 14.6 Å². The summed E-state index contributed by atoms with van der Waals surface area (Å²) in [6, 6.07) is 12.0. The van der Waals surface area contributed by atoms with Crippen molar-refractivity contribution in [2.45, 2.75) is 6.61 Å². The van der Waals surface area contributed by atoms with Crippen LogP contribution in [-0.4, -0.2) is 23.2 Å². The summed E-state index contributed by atoms with van der Waals surface area (Å²) in [5, 5.41) is 8.85. The molecule has 19 heavy (non-hydrogen) atoms. The number of rotatable bonds is 5. The van der Waals surface area contributed by atoms with Crippen molar-refractivity contribution in [1.82, 2.24) is 4.98 Å². The van der Waals surface area contributed by atoms with Gasteiger partial charge in [0.2, 0.25) is 0 Å². The number of ether oxygens (including phenoxy) is 2. The molecule has 0 saturated carbocycles. The molecule has 5 nitrogen and oxygen atoms in total. The van der Waals surface area contributed by atoms with Crippen LogP contribution in [-0.2, 0) is 6.61 Å². The Hall–Kier alpha value is -2.56. The van der Waals surface area contributed by atoms with Crippen molar-refractivity contribution >= 4 is 5.97 Å². The Balaban J connectivity index is 2.10. The second kappa shape index (κ2) is 5.86. The van der Waals surface area contributed by atoms with Crippen molar-refractivity contribution in [2.24, 2.45) is 0 Å². The number of hydrogen-bond acceptors (Lipinski definition) is 4. The molecule has 0 unspecified atom stereocenters. The van der Waals surface area contributed by atoms with Crippen LogP contribution in [0.25, 0.3) is 0 Å². The zero-order valence-electron chi connectivity index (χ0n) is 10.4. The van der Waals surface area contributed by atoms with E-state index in [-0.39, 0.29) is 12.3 Å². The number of hydrogen-bond donors (Lipinski definition) is 1. The fourth-order valence-electron chi connectivity index (χ4n) is 1.57. The second-order valence-corrected chi connectivity index (χ2v) is 3.76. The third-order valence-electron chi connectivity index (χ3n) is 2.47. The Morgan fingerprint density at radius 2 is 1.89 bits per heavy atom. The van der Waals surface area contributed by atoms with E-state index in [1.807, 2.05) is 12.1 Å². The normalized spacial score (nSPS) is 9.95. The van der Waals surface area contributed by atoms with Crippen LogP contribution in [0.15, 0.2) is 42.5 Å².